The summed E-state index contributed by atoms with van der Waals surface area (Å²) in [6.45, 7) is 4.43. The van der Waals surface area contributed by atoms with Crippen molar-refractivity contribution in [2.24, 2.45) is 0 Å². The van der Waals surface area contributed by atoms with Crippen LogP contribution in [-0.4, -0.2) is 46.8 Å². The topological polar surface area (TPSA) is 93.7 Å². The van der Waals surface area contributed by atoms with Crippen LogP contribution in [0.2, 0.25) is 0 Å². The van der Waals surface area contributed by atoms with Gasteiger partial charge in [-0.1, -0.05) is 18.2 Å². The number of rotatable bonds is 14. The van der Waals surface area contributed by atoms with Crippen molar-refractivity contribution in [3.8, 4) is 11.5 Å². The Morgan fingerprint density at radius 2 is 1.74 bits per heavy atom. The van der Waals surface area contributed by atoms with Crippen LogP contribution in [-0.2, 0) is 16.4 Å². The van der Waals surface area contributed by atoms with E-state index in [0.29, 0.717) is 37.9 Å². The van der Waals surface area contributed by atoms with Gasteiger partial charge in [0.15, 0.2) is 5.78 Å². The molecule has 0 saturated heterocycles. The molecule has 7 nitrogen and oxygen atoms in total. The van der Waals surface area contributed by atoms with Crippen LogP contribution in [0.1, 0.15) is 49.0 Å². The number of ether oxygens (including phenoxy) is 2. The van der Waals surface area contributed by atoms with E-state index < -0.39 is 16.4 Å². The number of alkyl halides is 3. The number of benzene rings is 2. The zero-order chi connectivity index (χ0) is 26.1. The SMILES string of the molecule is COc1ccc(C(=O)CCCCNCCc2ccccc2OC(F)(F)F)cc1S(=O)(=O)NC(C)C. The van der Waals surface area contributed by atoms with Crippen molar-refractivity contribution in [1.29, 1.82) is 0 Å². The van der Waals surface area contributed by atoms with Crippen LogP contribution in [0.25, 0.3) is 0 Å². The summed E-state index contributed by atoms with van der Waals surface area (Å²) in [5.41, 5.74) is 0.730. The van der Waals surface area contributed by atoms with Crippen molar-refractivity contribution in [2.75, 3.05) is 20.2 Å². The zero-order valence-electron chi connectivity index (χ0n) is 19.9. The molecule has 0 aliphatic rings. The maximum Gasteiger partial charge on any atom is 0.573 e. The summed E-state index contributed by atoms with van der Waals surface area (Å²) in [5, 5.41) is 3.15. The van der Waals surface area contributed by atoms with Gasteiger partial charge in [0.05, 0.1) is 7.11 Å². The summed E-state index contributed by atoms with van der Waals surface area (Å²) in [6, 6.07) is 10.0. The van der Waals surface area contributed by atoms with E-state index in [1.54, 1.807) is 26.0 Å². The third-order valence-electron chi connectivity index (χ3n) is 4.94. The van der Waals surface area contributed by atoms with Gasteiger partial charge in [-0.3, -0.25) is 4.79 Å². The largest absolute Gasteiger partial charge is 0.573 e. The van der Waals surface area contributed by atoms with Crippen LogP contribution in [0.5, 0.6) is 11.5 Å². The van der Waals surface area contributed by atoms with Gasteiger partial charge in [-0.15, -0.1) is 13.2 Å². The maximum atomic E-state index is 12.6. The molecule has 0 spiro atoms. The molecule has 0 radical (unpaired) electrons. The lowest BCUT2D eigenvalue weighted by atomic mass is 10.1. The minimum absolute atomic E-state index is 0.0870. The monoisotopic (exact) mass is 516 g/mol. The van der Waals surface area contributed by atoms with Gasteiger partial charge >= 0.3 is 6.36 Å². The fourth-order valence-electron chi connectivity index (χ4n) is 3.40. The fourth-order valence-corrected chi connectivity index (χ4v) is 4.84. The molecular formula is C24H31F3N2O5S. The quantitative estimate of drug-likeness (QED) is 0.284. The Morgan fingerprint density at radius 3 is 2.40 bits per heavy atom. The lowest BCUT2D eigenvalue weighted by Crippen LogP contribution is -2.30. The highest BCUT2D eigenvalue weighted by Gasteiger charge is 2.31. The number of unbranched alkanes of at least 4 members (excludes halogenated alkanes) is 1. The first-order chi connectivity index (χ1) is 16.4. The average molecular weight is 517 g/mol. The lowest BCUT2D eigenvalue weighted by Gasteiger charge is -2.14. The van der Waals surface area contributed by atoms with Crippen LogP contribution in [0.15, 0.2) is 47.4 Å². The highest BCUT2D eigenvalue weighted by atomic mass is 32.2. The molecule has 0 bridgehead atoms. The van der Waals surface area contributed by atoms with Crippen molar-refractivity contribution in [1.82, 2.24) is 10.0 Å². The number of hydrogen-bond donors (Lipinski definition) is 2. The van der Waals surface area contributed by atoms with Crippen LogP contribution in [0, 0.1) is 0 Å². The third kappa shape index (κ3) is 9.50. The van der Waals surface area contributed by atoms with Gasteiger partial charge in [0, 0.05) is 18.0 Å². The molecule has 2 rings (SSSR count). The summed E-state index contributed by atoms with van der Waals surface area (Å²) < 4.78 is 74.3. The Morgan fingerprint density at radius 1 is 1.03 bits per heavy atom. The first-order valence-corrected chi connectivity index (χ1v) is 12.7. The molecular weight excluding hydrogens is 485 g/mol. The molecule has 0 atom stereocenters. The molecule has 2 aromatic carbocycles. The molecule has 2 N–H and O–H groups in total. The normalized spacial score (nSPS) is 12.1. The number of carbonyl (C=O) groups excluding carboxylic acids is 1. The summed E-state index contributed by atoms with van der Waals surface area (Å²) in [4.78, 5) is 12.5. The van der Waals surface area contributed by atoms with Gasteiger partial charge in [0.1, 0.15) is 16.4 Å². The third-order valence-corrected chi connectivity index (χ3v) is 6.62. The molecule has 0 amide bonds. The molecule has 0 heterocycles. The van der Waals surface area contributed by atoms with Gasteiger partial charge < -0.3 is 14.8 Å². The average Bonchev–Trinajstić information content (AvgIpc) is 2.77. The van der Waals surface area contributed by atoms with E-state index >= 15 is 0 Å². The van der Waals surface area contributed by atoms with E-state index in [9.17, 15) is 26.4 Å². The molecule has 0 unspecified atom stereocenters. The first kappa shape index (κ1) is 28.6. The van der Waals surface area contributed by atoms with Crippen LogP contribution in [0.4, 0.5) is 13.2 Å². The highest BCUT2D eigenvalue weighted by molar-refractivity contribution is 7.89. The Balaban J connectivity index is 1.82. The van der Waals surface area contributed by atoms with Crippen LogP contribution < -0.4 is 19.5 Å². The smallest absolute Gasteiger partial charge is 0.495 e. The molecule has 2 aromatic rings. The number of methoxy groups -OCH3 is 1. The second kappa shape index (κ2) is 12.9. The number of para-hydroxylation sites is 1. The van der Waals surface area contributed by atoms with Crippen molar-refractivity contribution < 1.29 is 35.9 Å². The molecule has 194 valence electrons. The van der Waals surface area contributed by atoms with Crippen molar-refractivity contribution in [2.45, 2.75) is 56.8 Å². The molecule has 11 heteroatoms. The van der Waals surface area contributed by atoms with E-state index in [4.69, 9.17) is 4.74 Å². The Labute approximate surface area is 204 Å². The molecule has 0 fully saturated rings. The number of nitrogens with one attached hydrogen (secondary N) is 2. The molecule has 0 aliphatic carbocycles. The zero-order valence-corrected chi connectivity index (χ0v) is 20.8. The standard InChI is InChI=1S/C24H31F3N2O5S/c1-17(2)29-35(31,32)23-16-19(11-12-22(23)33-3)20(30)9-6-7-14-28-15-13-18-8-4-5-10-21(18)34-24(25,26)27/h4-5,8,10-12,16-17,28-29H,6-7,9,13-15H2,1-3H3. The van der Waals surface area contributed by atoms with Crippen LogP contribution >= 0.6 is 0 Å². The van der Waals surface area contributed by atoms with E-state index in [2.05, 4.69) is 14.8 Å². The van der Waals surface area contributed by atoms with Gasteiger partial charge in [-0.2, -0.15) is 0 Å². The number of Topliss-reactive ketones (excluding diaryl/α,β-unsaturated/α-hetero) is 1. The molecule has 0 saturated carbocycles. The number of halogens is 3. The second-order valence-electron chi connectivity index (χ2n) is 8.18. The predicted molar refractivity (Wildman–Crippen MR) is 126 cm³/mol. The van der Waals surface area contributed by atoms with Gasteiger partial charge in [0.2, 0.25) is 10.0 Å². The van der Waals surface area contributed by atoms with E-state index in [1.807, 2.05) is 0 Å². The van der Waals surface area contributed by atoms with Gasteiger partial charge in [0.25, 0.3) is 0 Å². The summed E-state index contributed by atoms with van der Waals surface area (Å²) in [5.74, 6) is -0.246. The Hall–Kier alpha value is -2.63. The van der Waals surface area contributed by atoms with Crippen molar-refractivity contribution in [3.63, 3.8) is 0 Å². The van der Waals surface area contributed by atoms with E-state index in [0.717, 1.165) is 0 Å². The van der Waals surface area contributed by atoms with Gasteiger partial charge in [-0.05, 0) is 76.0 Å². The number of ketones is 1. The molecule has 0 aromatic heterocycles. The number of hydrogen-bond acceptors (Lipinski definition) is 6. The second-order valence-corrected chi connectivity index (χ2v) is 9.86. The predicted octanol–water partition coefficient (Wildman–Crippen LogP) is 4.47. The van der Waals surface area contributed by atoms with E-state index in [-0.39, 0.29) is 40.2 Å². The lowest BCUT2D eigenvalue weighted by molar-refractivity contribution is -0.274. The first-order valence-electron chi connectivity index (χ1n) is 11.2. The minimum Gasteiger partial charge on any atom is -0.495 e. The molecule has 0 aliphatic heterocycles. The van der Waals surface area contributed by atoms with Crippen molar-refractivity contribution >= 4 is 15.8 Å². The van der Waals surface area contributed by atoms with E-state index in [1.165, 1.54) is 37.4 Å². The van der Waals surface area contributed by atoms with Crippen molar-refractivity contribution in [3.05, 3.63) is 53.6 Å². The highest BCUT2D eigenvalue weighted by Crippen LogP contribution is 2.27. The maximum absolute atomic E-state index is 12.6. The number of sulfonamides is 1. The summed E-state index contributed by atoms with van der Waals surface area (Å²) in [7, 11) is -2.48. The Bertz CT molecular complexity index is 1090. The summed E-state index contributed by atoms with van der Waals surface area (Å²) in [6.07, 6.45) is -2.91. The minimum atomic E-state index is -4.74. The fraction of sp³-hybridized carbons (Fsp3) is 0.458. The number of carbonyl (C=O) groups is 1. The molecule has 35 heavy (non-hydrogen) atoms. The van der Waals surface area contributed by atoms with Crippen LogP contribution in [0.3, 0.4) is 0 Å². The van der Waals surface area contributed by atoms with Gasteiger partial charge in [-0.25, -0.2) is 13.1 Å². The summed E-state index contributed by atoms with van der Waals surface area (Å²) >= 11 is 0. The Kier molecular flexibility index (Phi) is 10.5.